The number of nitrogens with zero attached hydrogens (tertiary/aromatic N) is 2. The van der Waals surface area contributed by atoms with Gasteiger partial charge in [0.25, 0.3) is 0 Å². The molecule has 15 heavy (non-hydrogen) atoms. The molecule has 0 aliphatic carbocycles. The van der Waals surface area contributed by atoms with Crippen LogP contribution in [0.2, 0.25) is 5.15 Å². The number of carboxylic acids is 1. The van der Waals surface area contributed by atoms with E-state index >= 15 is 0 Å². The van der Waals surface area contributed by atoms with Crippen LogP contribution in [0.4, 0.5) is 5.82 Å². The molecule has 0 radical (unpaired) electrons. The third-order valence-electron chi connectivity index (χ3n) is 2.18. The van der Waals surface area contributed by atoms with E-state index in [4.69, 9.17) is 16.7 Å². The van der Waals surface area contributed by atoms with Crippen molar-refractivity contribution >= 4 is 23.4 Å². The fourth-order valence-electron chi connectivity index (χ4n) is 1.11. The van der Waals surface area contributed by atoms with E-state index in [1.54, 1.807) is 11.9 Å². The topological polar surface area (TPSA) is 53.4 Å². The van der Waals surface area contributed by atoms with Crippen molar-refractivity contribution in [1.29, 1.82) is 0 Å². The van der Waals surface area contributed by atoms with Gasteiger partial charge in [0.1, 0.15) is 16.5 Å². The lowest BCUT2D eigenvalue weighted by atomic mass is 10.2. The molecule has 0 fully saturated rings. The van der Waals surface area contributed by atoms with E-state index in [0.717, 1.165) is 0 Å². The molecule has 1 aromatic heterocycles. The summed E-state index contributed by atoms with van der Waals surface area (Å²) in [7, 11) is 1.79. The molecule has 0 aromatic carbocycles. The molecule has 0 unspecified atom stereocenters. The maximum Gasteiger partial charge on any atom is 0.339 e. The molecule has 0 spiro atoms. The minimum Gasteiger partial charge on any atom is -0.478 e. The van der Waals surface area contributed by atoms with E-state index in [1.807, 2.05) is 13.8 Å². The smallest absolute Gasteiger partial charge is 0.339 e. The molecular weight excluding hydrogens is 216 g/mol. The first-order valence-corrected chi connectivity index (χ1v) is 4.94. The van der Waals surface area contributed by atoms with Gasteiger partial charge in [-0.1, -0.05) is 11.6 Å². The quantitative estimate of drug-likeness (QED) is 0.807. The number of rotatable bonds is 3. The molecule has 0 bridgehead atoms. The first-order chi connectivity index (χ1) is 6.93. The first-order valence-electron chi connectivity index (χ1n) is 4.56. The van der Waals surface area contributed by atoms with Gasteiger partial charge in [-0.2, -0.15) is 0 Å². The summed E-state index contributed by atoms with van der Waals surface area (Å²) in [6.45, 7) is 3.91. The molecule has 4 nitrogen and oxygen atoms in total. The lowest BCUT2D eigenvalue weighted by Crippen LogP contribution is -2.28. The minimum atomic E-state index is -0.998. The molecule has 0 amide bonds. The Bertz CT molecular complexity index is 380. The Kier molecular flexibility index (Phi) is 3.52. The number of hydrogen-bond donors (Lipinski definition) is 1. The van der Waals surface area contributed by atoms with Crippen LogP contribution < -0.4 is 4.90 Å². The summed E-state index contributed by atoms with van der Waals surface area (Å²) in [4.78, 5) is 16.7. The molecule has 1 aromatic rings. The summed E-state index contributed by atoms with van der Waals surface area (Å²) in [5.41, 5.74) is 0.163. The molecule has 0 atom stereocenters. The van der Waals surface area contributed by atoms with Gasteiger partial charge in [-0.05, 0) is 26.0 Å². The van der Waals surface area contributed by atoms with Crippen LogP contribution >= 0.6 is 11.6 Å². The van der Waals surface area contributed by atoms with E-state index in [1.165, 1.54) is 12.1 Å². The first kappa shape index (κ1) is 11.8. The van der Waals surface area contributed by atoms with Crippen molar-refractivity contribution in [1.82, 2.24) is 4.98 Å². The highest BCUT2D eigenvalue weighted by Crippen LogP contribution is 2.21. The largest absolute Gasteiger partial charge is 0.478 e. The Morgan fingerprint density at radius 2 is 2.13 bits per heavy atom. The third kappa shape index (κ3) is 2.59. The molecule has 1 N–H and O–H groups in total. The van der Waals surface area contributed by atoms with E-state index in [0.29, 0.717) is 11.0 Å². The van der Waals surface area contributed by atoms with Crippen LogP contribution in [0.3, 0.4) is 0 Å². The Morgan fingerprint density at radius 1 is 1.53 bits per heavy atom. The molecule has 0 aliphatic rings. The average Bonchev–Trinajstić information content (AvgIpc) is 2.15. The summed E-state index contributed by atoms with van der Waals surface area (Å²) >= 11 is 5.74. The van der Waals surface area contributed by atoms with Crippen LogP contribution in [0, 0.1) is 0 Å². The van der Waals surface area contributed by atoms with Gasteiger partial charge in [0, 0.05) is 13.1 Å². The normalized spacial score (nSPS) is 10.5. The average molecular weight is 229 g/mol. The predicted molar refractivity (Wildman–Crippen MR) is 59.7 cm³/mol. The third-order valence-corrected chi connectivity index (χ3v) is 2.39. The zero-order valence-electron chi connectivity index (χ0n) is 8.86. The maximum absolute atomic E-state index is 11.0. The fourth-order valence-corrected chi connectivity index (χ4v) is 1.25. The van der Waals surface area contributed by atoms with Gasteiger partial charge < -0.3 is 10.0 Å². The predicted octanol–water partition coefficient (Wildman–Crippen LogP) is 2.28. The summed E-state index contributed by atoms with van der Waals surface area (Å²) in [5, 5.41) is 9.27. The summed E-state index contributed by atoms with van der Waals surface area (Å²) in [6, 6.07) is 3.10. The Balaban J connectivity index is 3.24. The van der Waals surface area contributed by atoms with E-state index in [9.17, 15) is 4.79 Å². The number of aromatic carboxylic acids is 1. The molecule has 0 aliphatic heterocycles. The van der Waals surface area contributed by atoms with Crippen molar-refractivity contribution < 1.29 is 9.90 Å². The van der Waals surface area contributed by atoms with Crippen LogP contribution in [0.15, 0.2) is 12.1 Å². The highest BCUT2D eigenvalue weighted by Gasteiger charge is 2.17. The van der Waals surface area contributed by atoms with Gasteiger partial charge in [-0.3, -0.25) is 0 Å². The SMILES string of the molecule is CC(C)N(C)c1nc(Cl)ccc1C(=O)O. The van der Waals surface area contributed by atoms with Crippen molar-refractivity contribution in [3.05, 3.63) is 22.8 Å². The molecular formula is C10H13ClN2O2. The summed E-state index contributed by atoms with van der Waals surface area (Å²) < 4.78 is 0. The van der Waals surface area contributed by atoms with Crippen LogP contribution in [0.5, 0.6) is 0 Å². The number of pyridine rings is 1. The molecule has 1 heterocycles. The Hall–Kier alpha value is -1.29. The second kappa shape index (κ2) is 4.49. The highest BCUT2D eigenvalue weighted by atomic mass is 35.5. The zero-order valence-corrected chi connectivity index (χ0v) is 9.62. The van der Waals surface area contributed by atoms with Crippen molar-refractivity contribution in [2.24, 2.45) is 0 Å². The number of halogens is 1. The van der Waals surface area contributed by atoms with E-state index < -0.39 is 5.97 Å². The van der Waals surface area contributed by atoms with Gasteiger partial charge in [0.05, 0.1) is 0 Å². The summed E-state index contributed by atoms with van der Waals surface area (Å²) in [6.07, 6.45) is 0. The van der Waals surface area contributed by atoms with Crippen LogP contribution in [0.1, 0.15) is 24.2 Å². The van der Waals surface area contributed by atoms with E-state index in [2.05, 4.69) is 4.98 Å². The number of aromatic nitrogens is 1. The molecule has 5 heteroatoms. The lowest BCUT2D eigenvalue weighted by molar-refractivity contribution is 0.0697. The van der Waals surface area contributed by atoms with Gasteiger partial charge in [-0.25, -0.2) is 9.78 Å². The van der Waals surface area contributed by atoms with Gasteiger partial charge in [0.15, 0.2) is 0 Å². The summed E-state index contributed by atoms with van der Waals surface area (Å²) in [5.74, 6) is -0.605. The van der Waals surface area contributed by atoms with Crippen molar-refractivity contribution in [3.63, 3.8) is 0 Å². The van der Waals surface area contributed by atoms with Gasteiger partial charge >= 0.3 is 5.97 Å². The Morgan fingerprint density at radius 3 is 2.60 bits per heavy atom. The van der Waals surface area contributed by atoms with Crippen LogP contribution in [-0.2, 0) is 0 Å². The fraction of sp³-hybridized carbons (Fsp3) is 0.400. The lowest BCUT2D eigenvalue weighted by Gasteiger charge is -2.23. The molecule has 0 saturated heterocycles. The van der Waals surface area contributed by atoms with Crippen LogP contribution in [0.25, 0.3) is 0 Å². The number of anilines is 1. The maximum atomic E-state index is 11.0. The second-order valence-corrected chi connectivity index (χ2v) is 3.90. The van der Waals surface area contributed by atoms with Crippen LogP contribution in [-0.4, -0.2) is 29.1 Å². The van der Waals surface area contributed by atoms with Gasteiger partial charge in [0.2, 0.25) is 0 Å². The minimum absolute atomic E-state index is 0.161. The number of carboxylic acid groups (broad SMARTS) is 1. The van der Waals surface area contributed by atoms with Gasteiger partial charge in [-0.15, -0.1) is 0 Å². The van der Waals surface area contributed by atoms with E-state index in [-0.39, 0.29) is 11.6 Å². The number of hydrogen-bond acceptors (Lipinski definition) is 3. The molecule has 1 rings (SSSR count). The zero-order chi connectivity index (χ0) is 11.6. The Labute approximate surface area is 93.5 Å². The van der Waals surface area contributed by atoms with Crippen molar-refractivity contribution in [2.45, 2.75) is 19.9 Å². The highest BCUT2D eigenvalue weighted by molar-refractivity contribution is 6.29. The number of carbonyl (C=O) groups is 1. The molecule has 82 valence electrons. The second-order valence-electron chi connectivity index (χ2n) is 3.51. The standard InChI is InChI=1S/C10H13ClN2O2/c1-6(2)13(3)9-7(10(14)15)4-5-8(11)12-9/h4-6H,1-3H3,(H,14,15). The molecule has 0 saturated carbocycles. The van der Waals surface area contributed by atoms with Crippen molar-refractivity contribution in [2.75, 3.05) is 11.9 Å². The monoisotopic (exact) mass is 228 g/mol. The van der Waals surface area contributed by atoms with Crippen molar-refractivity contribution in [3.8, 4) is 0 Å².